The number of rotatable bonds is 10. The van der Waals surface area contributed by atoms with Crippen molar-refractivity contribution in [3.05, 3.63) is 57.6 Å². The summed E-state index contributed by atoms with van der Waals surface area (Å²) in [6.07, 6.45) is -0.459. The maximum atomic E-state index is 13.0. The number of hydrogen-bond acceptors (Lipinski definition) is 7. The van der Waals surface area contributed by atoms with Gasteiger partial charge in [0.05, 0.1) is 40.2 Å². The summed E-state index contributed by atoms with van der Waals surface area (Å²) >= 11 is 0. The third kappa shape index (κ3) is 6.32. The third-order valence-electron chi connectivity index (χ3n) is 4.78. The molecule has 0 aliphatic heterocycles. The SMILES string of the molecule is [B]Cc1c([B])c(C(=O)O)c(C(=O)Oc2ccc(C(=O)OCCS(=O)(=O)O)cc2)c(C[B])c1C[B]. The monoisotopic (exact) mass is 476 g/mol. The van der Waals surface area contributed by atoms with E-state index >= 15 is 0 Å². The quantitative estimate of drug-likeness (QED) is 0.200. The van der Waals surface area contributed by atoms with Crippen molar-refractivity contribution in [2.24, 2.45) is 0 Å². The summed E-state index contributed by atoms with van der Waals surface area (Å²) in [5.41, 5.74) is -0.329. The van der Waals surface area contributed by atoms with Crippen LogP contribution in [0.3, 0.4) is 0 Å². The van der Waals surface area contributed by atoms with Crippen LogP contribution in [0.2, 0.25) is 0 Å². The number of carbonyl (C=O) groups excluding carboxylic acids is 2. The molecule has 0 saturated carbocycles. The van der Waals surface area contributed by atoms with Crippen molar-refractivity contribution < 1.29 is 41.9 Å². The minimum atomic E-state index is -4.29. The van der Waals surface area contributed by atoms with Gasteiger partial charge in [0.25, 0.3) is 10.1 Å². The van der Waals surface area contributed by atoms with Gasteiger partial charge in [0.15, 0.2) is 0 Å². The highest BCUT2D eigenvalue weighted by Crippen LogP contribution is 2.25. The van der Waals surface area contributed by atoms with Crippen molar-refractivity contribution in [1.29, 1.82) is 0 Å². The molecule has 168 valence electrons. The summed E-state index contributed by atoms with van der Waals surface area (Å²) in [6.45, 7) is -0.558. The molecule has 0 fully saturated rings. The molecule has 0 aliphatic carbocycles. The van der Waals surface area contributed by atoms with Crippen LogP contribution < -0.4 is 10.2 Å². The Morgan fingerprint density at radius 3 is 1.88 bits per heavy atom. The maximum Gasteiger partial charge on any atom is 0.344 e. The zero-order chi connectivity index (χ0) is 25.6. The molecule has 9 nitrogen and oxygen atoms in total. The molecule has 0 amide bonds. The lowest BCUT2D eigenvalue weighted by Gasteiger charge is -2.22. The average Bonchev–Trinajstić information content (AvgIpc) is 2.77. The second-order valence-electron chi connectivity index (χ2n) is 6.85. The Morgan fingerprint density at radius 2 is 1.41 bits per heavy atom. The van der Waals surface area contributed by atoms with Crippen LogP contribution in [0.1, 0.15) is 47.8 Å². The number of esters is 2. The van der Waals surface area contributed by atoms with Gasteiger partial charge < -0.3 is 14.6 Å². The Morgan fingerprint density at radius 1 is 0.853 bits per heavy atom. The van der Waals surface area contributed by atoms with Crippen LogP contribution >= 0.6 is 0 Å². The Labute approximate surface area is 201 Å². The first-order valence-electron chi connectivity index (χ1n) is 9.69. The van der Waals surface area contributed by atoms with Gasteiger partial charge in [0, 0.05) is 0 Å². The zero-order valence-electron chi connectivity index (χ0n) is 17.8. The third-order valence-corrected chi connectivity index (χ3v) is 5.46. The highest BCUT2D eigenvalue weighted by atomic mass is 32.2. The fourth-order valence-electron chi connectivity index (χ4n) is 3.22. The van der Waals surface area contributed by atoms with Gasteiger partial charge in [0.2, 0.25) is 0 Å². The van der Waals surface area contributed by atoms with Gasteiger partial charge in [-0.05, 0) is 29.8 Å². The molecule has 0 aromatic heterocycles. The van der Waals surface area contributed by atoms with E-state index in [1.54, 1.807) is 0 Å². The van der Waals surface area contributed by atoms with Crippen LogP contribution in [0, 0.1) is 0 Å². The first kappa shape index (κ1) is 27.3. The molecule has 34 heavy (non-hydrogen) atoms. The molecule has 0 heterocycles. The van der Waals surface area contributed by atoms with E-state index in [4.69, 9.17) is 45.4 Å². The van der Waals surface area contributed by atoms with Gasteiger partial charge in [-0.25, -0.2) is 14.4 Å². The topological polar surface area (TPSA) is 144 Å². The minimum absolute atomic E-state index is 0.00553. The molecule has 8 radical (unpaired) electrons. The normalized spacial score (nSPS) is 11.1. The molecule has 2 aromatic rings. The van der Waals surface area contributed by atoms with E-state index in [0.29, 0.717) is 5.56 Å². The number of benzene rings is 2. The number of carbonyl (C=O) groups is 3. The van der Waals surface area contributed by atoms with Crippen molar-refractivity contribution in [2.75, 3.05) is 12.4 Å². The second kappa shape index (κ2) is 11.4. The molecule has 0 spiro atoms. The first-order valence-corrected chi connectivity index (χ1v) is 11.3. The highest BCUT2D eigenvalue weighted by Gasteiger charge is 2.28. The molecule has 14 heteroatoms. The smallest absolute Gasteiger partial charge is 0.344 e. The van der Waals surface area contributed by atoms with Crippen LogP contribution in [-0.2, 0) is 33.8 Å². The molecule has 2 rings (SSSR count). The predicted octanol–water partition coefficient (Wildman–Crippen LogP) is -0.552. The molecule has 0 aliphatic rings. The number of hydrogen-bond donors (Lipinski definition) is 2. The molecule has 0 bridgehead atoms. The van der Waals surface area contributed by atoms with E-state index in [-0.39, 0.29) is 52.4 Å². The molecule has 0 unspecified atom stereocenters. The Hall–Kier alpha value is -2.98. The summed E-state index contributed by atoms with van der Waals surface area (Å²) in [4.78, 5) is 36.8. The van der Waals surface area contributed by atoms with E-state index in [0.717, 1.165) is 0 Å². The van der Waals surface area contributed by atoms with E-state index in [1.165, 1.54) is 24.3 Å². The Kier molecular flexibility index (Phi) is 9.17. The second-order valence-corrected chi connectivity index (χ2v) is 8.42. The summed E-state index contributed by atoms with van der Waals surface area (Å²) in [5.74, 6) is -4.24. The Balaban J connectivity index is 2.34. The van der Waals surface area contributed by atoms with Crippen LogP contribution in [0.4, 0.5) is 0 Å². The van der Waals surface area contributed by atoms with Crippen LogP contribution in [0.15, 0.2) is 24.3 Å². The molecule has 2 N–H and O–H groups in total. The number of carboxylic acids is 1. The maximum absolute atomic E-state index is 13.0. The van der Waals surface area contributed by atoms with Crippen LogP contribution in [0.5, 0.6) is 5.75 Å². The fraction of sp³-hybridized carbons (Fsp3) is 0.250. The lowest BCUT2D eigenvalue weighted by Crippen LogP contribution is -2.30. The number of carboxylic acid groups (broad SMARTS) is 1. The highest BCUT2D eigenvalue weighted by molar-refractivity contribution is 7.85. The molecular formula is C20H16B4O9S. The van der Waals surface area contributed by atoms with Crippen molar-refractivity contribution >= 4 is 64.9 Å². The van der Waals surface area contributed by atoms with Gasteiger partial charge in [-0.1, -0.05) is 35.6 Å². The molecular weight excluding hydrogens is 460 g/mol. The summed E-state index contributed by atoms with van der Waals surface area (Å²) < 4.78 is 40.0. The van der Waals surface area contributed by atoms with Gasteiger partial charge in [0.1, 0.15) is 26.0 Å². The average molecular weight is 476 g/mol. The Bertz CT molecular complexity index is 1210. The van der Waals surface area contributed by atoms with E-state index in [1.807, 2.05) is 0 Å². The fourth-order valence-corrected chi connectivity index (χ4v) is 3.52. The largest absolute Gasteiger partial charge is 0.478 e. The van der Waals surface area contributed by atoms with Crippen molar-refractivity contribution in [1.82, 2.24) is 0 Å². The lowest BCUT2D eigenvalue weighted by atomic mass is 9.70. The van der Waals surface area contributed by atoms with Crippen molar-refractivity contribution in [2.45, 2.75) is 19.0 Å². The van der Waals surface area contributed by atoms with Crippen LogP contribution in [0.25, 0.3) is 0 Å². The first-order chi connectivity index (χ1) is 15.9. The van der Waals surface area contributed by atoms with Crippen LogP contribution in [-0.4, -0.2) is 79.7 Å². The van der Waals surface area contributed by atoms with Gasteiger partial charge in [-0.2, -0.15) is 8.42 Å². The van der Waals surface area contributed by atoms with E-state index in [2.05, 4.69) is 0 Å². The standard InChI is InChI=1S/C20H16B4O9S/c21-7-12-13(8-22)15(16(18(25)26)17(24)14(12)9-23)20(28)33-11-3-1-10(2-4-11)19(27)32-5-6-34(29,30)31/h1-4H,5-9H2,(H,25,26)(H,29,30,31). The number of aromatic carboxylic acids is 1. The molecule has 0 atom stereocenters. The minimum Gasteiger partial charge on any atom is -0.478 e. The van der Waals surface area contributed by atoms with E-state index in [9.17, 15) is 27.9 Å². The zero-order valence-corrected chi connectivity index (χ0v) is 18.6. The summed E-state index contributed by atoms with van der Waals surface area (Å²) in [5, 5.41) is 9.68. The van der Waals surface area contributed by atoms with Crippen molar-refractivity contribution in [3.63, 3.8) is 0 Å². The van der Waals surface area contributed by atoms with Gasteiger partial charge in [-0.3, -0.25) is 4.55 Å². The molecule has 2 aromatic carbocycles. The number of ether oxygens (including phenoxy) is 2. The summed E-state index contributed by atoms with van der Waals surface area (Å²) in [6, 6.07) is 4.94. The van der Waals surface area contributed by atoms with E-state index < -0.39 is 45.9 Å². The van der Waals surface area contributed by atoms with Crippen molar-refractivity contribution in [3.8, 4) is 5.75 Å². The predicted molar refractivity (Wildman–Crippen MR) is 125 cm³/mol. The van der Waals surface area contributed by atoms with Gasteiger partial charge in [-0.15, -0.1) is 0 Å². The summed E-state index contributed by atoms with van der Waals surface area (Å²) in [7, 11) is 18.9. The molecule has 0 saturated heterocycles. The van der Waals surface area contributed by atoms with Gasteiger partial charge >= 0.3 is 17.9 Å². The lowest BCUT2D eigenvalue weighted by molar-refractivity contribution is 0.0527.